The van der Waals surface area contributed by atoms with Crippen LogP contribution in [0, 0.1) is 0 Å². The molecule has 197 valence electrons. The zero-order valence-corrected chi connectivity index (χ0v) is 23.4. The summed E-state index contributed by atoms with van der Waals surface area (Å²) in [5, 5.41) is 10.5. The Labute approximate surface area is 237 Å². The zero-order valence-electron chi connectivity index (χ0n) is 23.4. The first-order valence-electron chi connectivity index (χ1n) is 13.8. The second kappa shape index (κ2) is 9.89. The molecule has 0 spiro atoms. The Morgan fingerprint density at radius 1 is 0.650 bits per heavy atom. The van der Waals surface area contributed by atoms with E-state index in [4.69, 9.17) is 9.64 Å². The van der Waals surface area contributed by atoms with Gasteiger partial charge in [0.05, 0.1) is 22.3 Å². The fourth-order valence-corrected chi connectivity index (χ4v) is 5.63. The smallest absolute Gasteiger partial charge is 0.351 e. The normalized spacial score (nSPS) is 13.9. The number of rotatable bonds is 7. The monoisotopic (exact) mass is 522 g/mol. The first-order valence-corrected chi connectivity index (χ1v) is 13.8. The second-order valence-corrected chi connectivity index (χ2v) is 11.5. The summed E-state index contributed by atoms with van der Waals surface area (Å²) in [5.74, 6) is 0. The first-order chi connectivity index (χ1) is 19.2. The topological polar surface area (TPSA) is 42.4 Å². The van der Waals surface area contributed by atoms with E-state index < -0.39 is 16.6 Å². The van der Waals surface area contributed by atoms with E-state index >= 15 is 0 Å². The summed E-state index contributed by atoms with van der Waals surface area (Å²) in [6, 6.07) is 43.0. The number of pyridine rings is 1. The summed E-state index contributed by atoms with van der Waals surface area (Å²) in [4.78, 5) is 4.93. The van der Waals surface area contributed by atoms with E-state index in [-0.39, 0.29) is 0 Å². The van der Waals surface area contributed by atoms with Crippen molar-refractivity contribution in [3.8, 4) is 22.4 Å². The second-order valence-electron chi connectivity index (χ2n) is 11.5. The van der Waals surface area contributed by atoms with Crippen molar-refractivity contribution in [3.05, 3.63) is 144 Å². The van der Waals surface area contributed by atoms with Crippen molar-refractivity contribution in [1.82, 2.24) is 4.98 Å². The van der Waals surface area contributed by atoms with Gasteiger partial charge >= 0.3 is 7.48 Å². The van der Waals surface area contributed by atoms with Crippen molar-refractivity contribution in [2.75, 3.05) is 0 Å². The SMILES string of the molecule is CC(C)(O)C(C)(C)O[B]c1cccc(-c2ccc3c(c2)C(c2ccccc2)(c2ccccc2)c2ccccc2-3)n1. The van der Waals surface area contributed by atoms with Crippen molar-refractivity contribution in [2.24, 2.45) is 0 Å². The van der Waals surface area contributed by atoms with E-state index in [1.54, 1.807) is 21.3 Å². The van der Waals surface area contributed by atoms with Gasteiger partial charge < -0.3 is 9.76 Å². The fraction of sp³-hybridized carbons (Fsp3) is 0.194. The van der Waals surface area contributed by atoms with Crippen LogP contribution in [0.25, 0.3) is 22.4 Å². The van der Waals surface area contributed by atoms with Gasteiger partial charge in [0.15, 0.2) is 0 Å². The minimum absolute atomic E-state index is 0.450. The Balaban J connectivity index is 1.50. The van der Waals surface area contributed by atoms with Gasteiger partial charge in [-0.15, -0.1) is 0 Å². The largest absolute Gasteiger partial charge is 0.425 e. The molecule has 1 radical (unpaired) electrons. The quantitative estimate of drug-likeness (QED) is 0.232. The predicted molar refractivity (Wildman–Crippen MR) is 164 cm³/mol. The third kappa shape index (κ3) is 4.29. The Kier molecular flexibility index (Phi) is 6.49. The zero-order chi connectivity index (χ0) is 28.0. The maximum Gasteiger partial charge on any atom is 0.351 e. The lowest BCUT2D eigenvalue weighted by Crippen LogP contribution is -2.49. The lowest BCUT2D eigenvalue weighted by Gasteiger charge is -2.37. The Morgan fingerprint density at radius 2 is 1.25 bits per heavy atom. The standard InChI is InChI=1S/C36H33BNO2/c1-34(2,39)35(3,4)40-37-33-21-13-20-32(38-33)25-22-23-29-28-18-11-12-19-30(28)36(31(29)24-25,26-14-7-5-8-15-26)27-16-9-6-10-17-27/h5-24,39H,1-4H3. The summed E-state index contributed by atoms with van der Waals surface area (Å²) in [7, 11) is 1.64. The lowest BCUT2D eigenvalue weighted by atomic mass is 9.67. The van der Waals surface area contributed by atoms with Crippen molar-refractivity contribution >= 4 is 13.1 Å². The van der Waals surface area contributed by atoms with E-state index in [1.807, 2.05) is 32.0 Å². The Hall–Kier alpha value is -3.99. The molecule has 1 aliphatic rings. The molecule has 0 amide bonds. The van der Waals surface area contributed by atoms with Gasteiger partial charge in [-0.25, -0.2) is 0 Å². The van der Waals surface area contributed by atoms with E-state index in [9.17, 15) is 5.11 Å². The van der Waals surface area contributed by atoms with Crippen LogP contribution in [-0.2, 0) is 10.1 Å². The van der Waals surface area contributed by atoms with Crippen LogP contribution in [-0.4, -0.2) is 28.8 Å². The lowest BCUT2D eigenvalue weighted by molar-refractivity contribution is -0.0893. The first kappa shape index (κ1) is 26.2. The van der Waals surface area contributed by atoms with Crippen LogP contribution >= 0.6 is 0 Å². The van der Waals surface area contributed by atoms with Gasteiger partial charge in [-0.1, -0.05) is 103 Å². The number of fused-ring (bicyclic) bond motifs is 3. The summed E-state index contributed by atoms with van der Waals surface area (Å²) in [5.41, 5.74) is 7.90. The molecule has 0 atom stereocenters. The van der Waals surface area contributed by atoms with E-state index in [2.05, 4.69) is 103 Å². The molecule has 3 nitrogen and oxygen atoms in total. The number of hydrogen-bond donors (Lipinski definition) is 1. The number of aromatic nitrogens is 1. The van der Waals surface area contributed by atoms with Crippen LogP contribution in [0.4, 0.5) is 0 Å². The number of nitrogens with zero attached hydrogens (tertiary/aromatic N) is 1. The molecule has 4 heteroatoms. The van der Waals surface area contributed by atoms with Gasteiger partial charge in [-0.05, 0) is 79.3 Å². The highest BCUT2D eigenvalue weighted by Crippen LogP contribution is 2.56. The predicted octanol–water partition coefficient (Wildman–Crippen LogP) is 6.92. The summed E-state index contributed by atoms with van der Waals surface area (Å²) < 4.78 is 6.00. The highest BCUT2D eigenvalue weighted by Gasteiger charge is 2.46. The molecule has 1 aliphatic carbocycles. The molecule has 6 rings (SSSR count). The Bertz CT molecular complexity index is 1620. The third-order valence-electron chi connectivity index (χ3n) is 8.47. The van der Waals surface area contributed by atoms with Crippen molar-refractivity contribution in [2.45, 2.75) is 44.3 Å². The summed E-state index contributed by atoms with van der Waals surface area (Å²) >= 11 is 0. The van der Waals surface area contributed by atoms with Crippen molar-refractivity contribution in [3.63, 3.8) is 0 Å². The molecule has 0 saturated heterocycles. The maximum atomic E-state index is 10.5. The van der Waals surface area contributed by atoms with Gasteiger partial charge in [0.2, 0.25) is 0 Å². The van der Waals surface area contributed by atoms with Crippen molar-refractivity contribution < 1.29 is 9.76 Å². The minimum Gasteiger partial charge on any atom is -0.425 e. The molecule has 5 aromatic rings. The molecule has 0 saturated carbocycles. The molecule has 40 heavy (non-hydrogen) atoms. The van der Waals surface area contributed by atoms with Crippen LogP contribution in [0.5, 0.6) is 0 Å². The summed E-state index contributed by atoms with van der Waals surface area (Å²) in [6.45, 7) is 7.24. The minimum atomic E-state index is -1.01. The summed E-state index contributed by atoms with van der Waals surface area (Å²) in [6.07, 6.45) is 0. The molecule has 0 bridgehead atoms. The van der Waals surface area contributed by atoms with Crippen LogP contribution in [0.3, 0.4) is 0 Å². The molecule has 4 aromatic carbocycles. The average Bonchev–Trinajstić information content (AvgIpc) is 3.27. The third-order valence-corrected chi connectivity index (χ3v) is 8.47. The van der Waals surface area contributed by atoms with Gasteiger partial charge in [-0.2, -0.15) is 0 Å². The van der Waals surface area contributed by atoms with Crippen LogP contribution < -0.4 is 5.59 Å². The van der Waals surface area contributed by atoms with Crippen LogP contribution in [0.15, 0.2) is 121 Å². The number of hydrogen-bond acceptors (Lipinski definition) is 3. The Morgan fingerprint density at radius 3 is 1.90 bits per heavy atom. The molecule has 1 N–H and O–H groups in total. The van der Waals surface area contributed by atoms with E-state index in [0.717, 1.165) is 11.3 Å². The highest BCUT2D eigenvalue weighted by atomic mass is 16.5. The van der Waals surface area contributed by atoms with Gasteiger partial charge in [0, 0.05) is 11.2 Å². The van der Waals surface area contributed by atoms with Crippen LogP contribution in [0.2, 0.25) is 0 Å². The molecule has 0 aliphatic heterocycles. The number of aliphatic hydroxyl groups is 1. The molecule has 0 unspecified atom stereocenters. The van der Waals surface area contributed by atoms with Crippen molar-refractivity contribution in [1.29, 1.82) is 0 Å². The van der Waals surface area contributed by atoms with Gasteiger partial charge in [0.1, 0.15) is 0 Å². The van der Waals surface area contributed by atoms with Gasteiger partial charge in [-0.3, -0.25) is 4.98 Å². The fourth-order valence-electron chi connectivity index (χ4n) is 5.63. The average molecular weight is 522 g/mol. The molecule has 0 fully saturated rings. The number of benzene rings is 4. The van der Waals surface area contributed by atoms with E-state index in [0.29, 0.717) is 5.59 Å². The van der Waals surface area contributed by atoms with Crippen LogP contribution in [0.1, 0.15) is 49.9 Å². The van der Waals surface area contributed by atoms with Gasteiger partial charge in [0.25, 0.3) is 0 Å². The highest BCUT2D eigenvalue weighted by molar-refractivity contribution is 6.45. The molecular formula is C36H33BNO2. The molecule has 1 heterocycles. The maximum absolute atomic E-state index is 10.5. The molecule has 1 aromatic heterocycles. The molecular weight excluding hydrogens is 489 g/mol. The van der Waals surface area contributed by atoms with E-state index in [1.165, 1.54) is 33.4 Å².